The molecule has 164 valence electrons. The number of methoxy groups -OCH3 is 1. The van der Waals surface area contributed by atoms with E-state index in [9.17, 15) is 13.2 Å². The minimum absolute atomic E-state index is 0.00452. The number of para-hydroxylation sites is 3. The van der Waals surface area contributed by atoms with Crippen molar-refractivity contribution in [2.45, 2.75) is 11.4 Å². The van der Waals surface area contributed by atoms with Crippen molar-refractivity contribution in [1.29, 1.82) is 0 Å². The van der Waals surface area contributed by atoms with Gasteiger partial charge in [-0.1, -0.05) is 35.9 Å². The number of carbonyl (C=O) groups excluding carboxylic acids is 1. The van der Waals surface area contributed by atoms with Crippen molar-refractivity contribution in [3.63, 3.8) is 0 Å². The van der Waals surface area contributed by atoms with E-state index < -0.39 is 15.9 Å². The molecular formula is C22H18ClN3O4S2. The van der Waals surface area contributed by atoms with Gasteiger partial charge in [0.2, 0.25) is 0 Å². The maximum atomic E-state index is 13.0. The topological polar surface area (TPSA) is 97.4 Å². The van der Waals surface area contributed by atoms with Gasteiger partial charge in [0.1, 0.15) is 15.7 Å². The SMILES string of the molecule is COc1ccccc1NS(=O)(=O)c1cc(C(=O)NCc2nc3ccccc3s2)ccc1Cl. The summed E-state index contributed by atoms with van der Waals surface area (Å²) in [5.41, 5.74) is 1.29. The van der Waals surface area contributed by atoms with E-state index >= 15 is 0 Å². The molecule has 0 saturated heterocycles. The predicted molar refractivity (Wildman–Crippen MR) is 126 cm³/mol. The summed E-state index contributed by atoms with van der Waals surface area (Å²) in [6.07, 6.45) is 0. The second-order valence-corrected chi connectivity index (χ2v) is 9.88. The molecular weight excluding hydrogens is 470 g/mol. The molecule has 0 spiro atoms. The Kier molecular flexibility index (Phi) is 6.31. The molecule has 0 fully saturated rings. The van der Waals surface area contributed by atoms with Crippen molar-refractivity contribution >= 4 is 54.8 Å². The summed E-state index contributed by atoms with van der Waals surface area (Å²) in [5.74, 6) is -0.0772. The minimum atomic E-state index is -4.07. The number of hydrogen-bond acceptors (Lipinski definition) is 6. The molecule has 0 saturated carbocycles. The van der Waals surface area contributed by atoms with Crippen LogP contribution in [-0.2, 0) is 16.6 Å². The highest BCUT2D eigenvalue weighted by Crippen LogP contribution is 2.29. The first kappa shape index (κ1) is 22.1. The predicted octanol–water partition coefficient (Wildman–Crippen LogP) is 4.69. The molecule has 2 N–H and O–H groups in total. The molecule has 1 amide bonds. The number of amides is 1. The number of hydrogen-bond donors (Lipinski definition) is 2. The molecule has 0 aliphatic heterocycles. The number of ether oxygens (including phenoxy) is 1. The highest BCUT2D eigenvalue weighted by Gasteiger charge is 2.22. The summed E-state index contributed by atoms with van der Waals surface area (Å²) in [5, 5.41) is 3.52. The highest BCUT2D eigenvalue weighted by molar-refractivity contribution is 7.92. The third kappa shape index (κ3) is 4.69. The fraction of sp³-hybridized carbons (Fsp3) is 0.0909. The molecule has 32 heavy (non-hydrogen) atoms. The third-order valence-electron chi connectivity index (χ3n) is 4.57. The van der Waals surface area contributed by atoms with Gasteiger partial charge in [-0.05, 0) is 42.5 Å². The summed E-state index contributed by atoms with van der Waals surface area (Å²) in [6.45, 7) is 0.225. The largest absolute Gasteiger partial charge is 0.495 e. The average Bonchev–Trinajstić information content (AvgIpc) is 3.21. The van der Waals surface area contributed by atoms with Gasteiger partial charge in [-0.15, -0.1) is 11.3 Å². The van der Waals surface area contributed by atoms with E-state index in [2.05, 4.69) is 15.0 Å². The lowest BCUT2D eigenvalue weighted by Gasteiger charge is -2.13. The van der Waals surface area contributed by atoms with Gasteiger partial charge in [-0.2, -0.15) is 0 Å². The molecule has 0 aliphatic carbocycles. The van der Waals surface area contributed by atoms with Crippen molar-refractivity contribution in [1.82, 2.24) is 10.3 Å². The molecule has 0 bridgehead atoms. The van der Waals surface area contributed by atoms with E-state index in [1.54, 1.807) is 24.3 Å². The monoisotopic (exact) mass is 487 g/mol. The standard InChI is InChI=1S/C22H18ClN3O4S2/c1-30-18-8-4-2-6-16(18)26-32(28,29)20-12-14(10-11-15(20)23)22(27)24-13-21-25-17-7-3-5-9-19(17)31-21/h2-12,26H,13H2,1H3,(H,24,27). The van der Waals surface area contributed by atoms with Crippen LogP contribution in [0.5, 0.6) is 5.75 Å². The zero-order valence-electron chi connectivity index (χ0n) is 16.8. The Morgan fingerprint density at radius 3 is 2.62 bits per heavy atom. The van der Waals surface area contributed by atoms with Gasteiger partial charge in [-0.25, -0.2) is 13.4 Å². The van der Waals surface area contributed by atoms with E-state index in [0.717, 1.165) is 15.2 Å². The Hall–Kier alpha value is -3.14. The van der Waals surface area contributed by atoms with Gasteiger partial charge < -0.3 is 10.1 Å². The van der Waals surface area contributed by atoms with E-state index in [0.29, 0.717) is 5.75 Å². The first-order valence-corrected chi connectivity index (χ1v) is 12.1. The fourth-order valence-corrected chi connectivity index (χ4v) is 5.54. The number of benzene rings is 3. The van der Waals surface area contributed by atoms with E-state index in [1.807, 2.05) is 24.3 Å². The smallest absolute Gasteiger partial charge is 0.263 e. The number of halogens is 1. The van der Waals surface area contributed by atoms with Crippen molar-refractivity contribution < 1.29 is 17.9 Å². The van der Waals surface area contributed by atoms with E-state index in [1.165, 1.54) is 36.6 Å². The van der Waals surface area contributed by atoms with E-state index in [-0.39, 0.29) is 27.7 Å². The van der Waals surface area contributed by atoms with Crippen LogP contribution in [0.2, 0.25) is 5.02 Å². The average molecular weight is 488 g/mol. The van der Waals surface area contributed by atoms with Crippen LogP contribution in [0.4, 0.5) is 5.69 Å². The second-order valence-electron chi connectivity index (χ2n) is 6.71. The van der Waals surface area contributed by atoms with Gasteiger partial charge in [-0.3, -0.25) is 9.52 Å². The van der Waals surface area contributed by atoms with Crippen LogP contribution in [-0.4, -0.2) is 26.4 Å². The number of nitrogens with one attached hydrogen (secondary N) is 2. The molecule has 10 heteroatoms. The minimum Gasteiger partial charge on any atom is -0.495 e. The first-order valence-electron chi connectivity index (χ1n) is 9.45. The lowest BCUT2D eigenvalue weighted by molar-refractivity contribution is 0.0950. The molecule has 0 radical (unpaired) electrons. The van der Waals surface area contributed by atoms with Crippen LogP contribution < -0.4 is 14.8 Å². The van der Waals surface area contributed by atoms with Crippen molar-refractivity contribution in [3.05, 3.63) is 82.3 Å². The Morgan fingerprint density at radius 2 is 1.84 bits per heavy atom. The fourth-order valence-electron chi connectivity index (χ4n) is 3.03. The zero-order valence-corrected chi connectivity index (χ0v) is 19.2. The quantitative estimate of drug-likeness (QED) is 0.394. The maximum Gasteiger partial charge on any atom is 0.263 e. The maximum absolute atomic E-state index is 13.0. The number of fused-ring (bicyclic) bond motifs is 1. The van der Waals surface area contributed by atoms with Crippen LogP contribution in [0, 0.1) is 0 Å². The number of nitrogens with zero attached hydrogens (tertiary/aromatic N) is 1. The first-order chi connectivity index (χ1) is 15.4. The molecule has 4 rings (SSSR count). The molecule has 1 heterocycles. The lowest BCUT2D eigenvalue weighted by Crippen LogP contribution is -2.23. The van der Waals surface area contributed by atoms with Crippen molar-refractivity contribution in [2.24, 2.45) is 0 Å². The van der Waals surface area contributed by atoms with Gasteiger partial charge in [0.25, 0.3) is 15.9 Å². The molecule has 3 aromatic carbocycles. The summed E-state index contributed by atoms with van der Waals surface area (Å²) >= 11 is 7.64. The van der Waals surface area contributed by atoms with Crippen LogP contribution in [0.15, 0.2) is 71.6 Å². The van der Waals surface area contributed by atoms with Gasteiger partial charge in [0.05, 0.1) is 34.6 Å². The molecule has 4 aromatic rings. The second kappa shape index (κ2) is 9.15. The summed E-state index contributed by atoms with van der Waals surface area (Å²) < 4.78 is 34.6. The number of sulfonamides is 1. The van der Waals surface area contributed by atoms with E-state index in [4.69, 9.17) is 16.3 Å². The number of aromatic nitrogens is 1. The lowest BCUT2D eigenvalue weighted by atomic mass is 10.2. The molecule has 1 aromatic heterocycles. The zero-order chi connectivity index (χ0) is 22.7. The normalized spacial score (nSPS) is 11.3. The Bertz CT molecular complexity index is 1370. The molecule has 0 atom stereocenters. The molecule has 0 unspecified atom stereocenters. The highest BCUT2D eigenvalue weighted by atomic mass is 35.5. The number of rotatable bonds is 7. The number of anilines is 1. The van der Waals surface area contributed by atoms with Gasteiger partial charge in [0, 0.05) is 5.56 Å². The Morgan fingerprint density at radius 1 is 1.09 bits per heavy atom. The van der Waals surface area contributed by atoms with Crippen LogP contribution in [0.25, 0.3) is 10.2 Å². The van der Waals surface area contributed by atoms with Gasteiger partial charge >= 0.3 is 0 Å². The van der Waals surface area contributed by atoms with Crippen LogP contribution >= 0.6 is 22.9 Å². The third-order valence-corrected chi connectivity index (χ3v) is 7.46. The molecule has 0 aliphatic rings. The van der Waals surface area contributed by atoms with Crippen LogP contribution in [0.3, 0.4) is 0 Å². The summed E-state index contributed by atoms with van der Waals surface area (Å²) in [4.78, 5) is 16.9. The van der Waals surface area contributed by atoms with Crippen LogP contribution in [0.1, 0.15) is 15.4 Å². The Labute approximate surface area is 194 Å². The summed E-state index contributed by atoms with van der Waals surface area (Å²) in [6, 6.07) is 18.4. The van der Waals surface area contributed by atoms with Gasteiger partial charge in [0.15, 0.2) is 0 Å². The van der Waals surface area contributed by atoms with Crippen molar-refractivity contribution in [2.75, 3.05) is 11.8 Å². The number of thiazole rings is 1. The number of carbonyl (C=O) groups is 1. The molecule has 7 nitrogen and oxygen atoms in total. The van der Waals surface area contributed by atoms with Crippen molar-refractivity contribution in [3.8, 4) is 5.75 Å². The Balaban J connectivity index is 1.54. The summed E-state index contributed by atoms with van der Waals surface area (Å²) in [7, 11) is -2.63.